The van der Waals surface area contributed by atoms with Gasteiger partial charge in [-0.2, -0.15) is 0 Å². The van der Waals surface area contributed by atoms with Gasteiger partial charge in [0.15, 0.2) is 0 Å². The standard InChI is InChI=1S/C16H16N2O4/c19-7-11(16(22)13(21)8-20)14-15-10(5-6-17-14)9-3-1-2-4-12(9)18-15/h1-7,11,13,16,18,20-22H,8H2. The highest BCUT2D eigenvalue weighted by atomic mass is 16.4. The van der Waals surface area contributed by atoms with Gasteiger partial charge in [-0.15, -0.1) is 0 Å². The van der Waals surface area contributed by atoms with Crippen LogP contribution < -0.4 is 0 Å². The molecule has 0 saturated carbocycles. The van der Waals surface area contributed by atoms with E-state index in [0.717, 1.165) is 16.3 Å². The number of aromatic nitrogens is 2. The number of benzene rings is 1. The van der Waals surface area contributed by atoms with E-state index in [2.05, 4.69) is 9.97 Å². The molecule has 3 aromatic rings. The fourth-order valence-corrected chi connectivity index (χ4v) is 2.70. The normalized spacial score (nSPS) is 15.8. The number of pyridine rings is 1. The van der Waals surface area contributed by atoms with Crippen molar-refractivity contribution >= 4 is 28.1 Å². The van der Waals surface area contributed by atoms with Crippen molar-refractivity contribution in [1.82, 2.24) is 9.97 Å². The van der Waals surface area contributed by atoms with Crippen LogP contribution in [0.15, 0.2) is 36.5 Å². The molecule has 0 aliphatic rings. The molecule has 0 amide bonds. The summed E-state index contributed by atoms with van der Waals surface area (Å²) < 4.78 is 0. The first-order chi connectivity index (χ1) is 10.7. The third kappa shape index (κ3) is 2.27. The SMILES string of the molecule is O=CC(c1nccc2c1[nH]c1ccccc12)C(O)C(O)CO. The molecule has 0 fully saturated rings. The van der Waals surface area contributed by atoms with Crippen LogP contribution in [0.2, 0.25) is 0 Å². The van der Waals surface area contributed by atoms with Crippen LogP contribution in [0, 0.1) is 0 Å². The Morgan fingerprint density at radius 2 is 1.95 bits per heavy atom. The van der Waals surface area contributed by atoms with Gasteiger partial charge in [0.1, 0.15) is 12.4 Å². The zero-order chi connectivity index (χ0) is 15.7. The molecule has 4 N–H and O–H groups in total. The zero-order valence-electron chi connectivity index (χ0n) is 11.7. The maximum Gasteiger partial charge on any atom is 0.131 e. The van der Waals surface area contributed by atoms with Crippen molar-refractivity contribution in [1.29, 1.82) is 0 Å². The van der Waals surface area contributed by atoms with E-state index in [4.69, 9.17) is 5.11 Å². The topological polar surface area (TPSA) is 106 Å². The molecular weight excluding hydrogens is 284 g/mol. The second kappa shape index (κ2) is 5.84. The van der Waals surface area contributed by atoms with Gasteiger partial charge < -0.3 is 25.1 Å². The van der Waals surface area contributed by atoms with Crippen molar-refractivity contribution in [2.45, 2.75) is 18.1 Å². The Morgan fingerprint density at radius 3 is 2.68 bits per heavy atom. The summed E-state index contributed by atoms with van der Waals surface area (Å²) in [5, 5.41) is 30.5. The van der Waals surface area contributed by atoms with E-state index in [0.29, 0.717) is 17.5 Å². The van der Waals surface area contributed by atoms with Crippen LogP contribution in [0.4, 0.5) is 0 Å². The molecule has 3 rings (SSSR count). The van der Waals surface area contributed by atoms with Crippen LogP contribution in [-0.4, -0.2) is 50.4 Å². The van der Waals surface area contributed by atoms with Gasteiger partial charge >= 0.3 is 0 Å². The van der Waals surface area contributed by atoms with E-state index in [-0.39, 0.29) is 0 Å². The van der Waals surface area contributed by atoms with Gasteiger partial charge in [0.2, 0.25) is 0 Å². The summed E-state index contributed by atoms with van der Waals surface area (Å²) in [5.41, 5.74) is 1.89. The van der Waals surface area contributed by atoms with E-state index in [1.807, 2.05) is 30.3 Å². The van der Waals surface area contributed by atoms with Crippen molar-refractivity contribution in [3.63, 3.8) is 0 Å². The van der Waals surface area contributed by atoms with Crippen LogP contribution in [0.3, 0.4) is 0 Å². The molecule has 0 saturated heterocycles. The summed E-state index contributed by atoms with van der Waals surface area (Å²) in [4.78, 5) is 18.8. The van der Waals surface area contributed by atoms with Crippen molar-refractivity contribution in [2.75, 3.05) is 6.61 Å². The summed E-state index contributed by atoms with van der Waals surface area (Å²) in [6.45, 7) is -0.631. The number of para-hydroxylation sites is 1. The first-order valence-electron chi connectivity index (χ1n) is 6.95. The Morgan fingerprint density at radius 1 is 1.18 bits per heavy atom. The predicted molar refractivity (Wildman–Crippen MR) is 81.5 cm³/mol. The maximum absolute atomic E-state index is 11.4. The Balaban J connectivity index is 2.19. The van der Waals surface area contributed by atoms with Gasteiger partial charge in [-0.25, -0.2) is 0 Å². The Hall–Kier alpha value is -2.28. The van der Waals surface area contributed by atoms with Gasteiger partial charge in [-0.05, 0) is 12.1 Å². The lowest BCUT2D eigenvalue weighted by Crippen LogP contribution is -2.36. The molecule has 22 heavy (non-hydrogen) atoms. The number of H-pyrrole nitrogens is 1. The summed E-state index contributed by atoms with van der Waals surface area (Å²) in [5.74, 6) is -1.03. The van der Waals surface area contributed by atoms with Gasteiger partial charge in [-0.1, -0.05) is 18.2 Å². The number of nitrogens with zero attached hydrogens (tertiary/aromatic N) is 1. The van der Waals surface area contributed by atoms with Crippen LogP contribution in [-0.2, 0) is 4.79 Å². The molecule has 0 spiro atoms. The lowest BCUT2D eigenvalue weighted by atomic mass is 9.94. The largest absolute Gasteiger partial charge is 0.394 e. The minimum Gasteiger partial charge on any atom is -0.394 e. The number of carbonyl (C=O) groups excluding carboxylic acids is 1. The number of aliphatic hydroxyl groups is 3. The maximum atomic E-state index is 11.4. The predicted octanol–water partition coefficient (Wildman–Crippen LogP) is 0.713. The first-order valence-corrected chi connectivity index (χ1v) is 6.95. The molecule has 6 nitrogen and oxygen atoms in total. The third-order valence-corrected chi connectivity index (χ3v) is 3.87. The zero-order valence-corrected chi connectivity index (χ0v) is 11.7. The highest BCUT2D eigenvalue weighted by Crippen LogP contribution is 2.30. The van der Waals surface area contributed by atoms with E-state index < -0.39 is 24.7 Å². The highest BCUT2D eigenvalue weighted by Gasteiger charge is 2.30. The fraction of sp³-hybridized carbons (Fsp3) is 0.250. The lowest BCUT2D eigenvalue weighted by Gasteiger charge is -2.21. The fourth-order valence-electron chi connectivity index (χ4n) is 2.70. The number of hydrogen-bond donors (Lipinski definition) is 4. The van der Waals surface area contributed by atoms with Crippen molar-refractivity contribution < 1.29 is 20.1 Å². The summed E-state index contributed by atoms with van der Waals surface area (Å²) >= 11 is 0. The first kappa shape index (κ1) is 14.6. The quantitative estimate of drug-likeness (QED) is 0.519. The van der Waals surface area contributed by atoms with Crippen LogP contribution in [0.25, 0.3) is 21.8 Å². The van der Waals surface area contributed by atoms with Crippen molar-refractivity contribution in [2.24, 2.45) is 0 Å². The Kier molecular flexibility index (Phi) is 3.89. The molecule has 0 aliphatic heterocycles. The van der Waals surface area contributed by atoms with Gasteiger partial charge in [0, 0.05) is 22.5 Å². The Labute approximate surface area is 126 Å². The number of aromatic amines is 1. The van der Waals surface area contributed by atoms with Gasteiger partial charge in [0.05, 0.1) is 29.8 Å². The monoisotopic (exact) mass is 300 g/mol. The van der Waals surface area contributed by atoms with Crippen molar-refractivity contribution in [3.05, 3.63) is 42.2 Å². The van der Waals surface area contributed by atoms with E-state index >= 15 is 0 Å². The number of rotatable bonds is 5. The van der Waals surface area contributed by atoms with Crippen LogP contribution in [0.1, 0.15) is 11.6 Å². The molecule has 0 bridgehead atoms. The molecule has 0 aliphatic carbocycles. The van der Waals surface area contributed by atoms with E-state index in [9.17, 15) is 15.0 Å². The molecule has 3 unspecified atom stereocenters. The second-order valence-corrected chi connectivity index (χ2v) is 5.19. The molecule has 2 aromatic heterocycles. The number of aliphatic hydroxyl groups excluding tert-OH is 3. The van der Waals surface area contributed by atoms with E-state index in [1.165, 1.54) is 0 Å². The van der Waals surface area contributed by atoms with Crippen LogP contribution in [0.5, 0.6) is 0 Å². The minimum atomic E-state index is -1.42. The summed E-state index contributed by atoms with van der Waals surface area (Å²) in [6, 6.07) is 9.50. The summed E-state index contributed by atoms with van der Waals surface area (Å²) in [6.07, 6.45) is -0.729. The van der Waals surface area contributed by atoms with Crippen LogP contribution >= 0.6 is 0 Å². The molecular formula is C16H16N2O4. The average molecular weight is 300 g/mol. The number of hydrogen-bond acceptors (Lipinski definition) is 5. The number of carbonyl (C=O) groups is 1. The second-order valence-electron chi connectivity index (χ2n) is 5.19. The van der Waals surface area contributed by atoms with Gasteiger partial charge in [-0.3, -0.25) is 4.98 Å². The average Bonchev–Trinajstić information content (AvgIpc) is 2.94. The van der Waals surface area contributed by atoms with Crippen molar-refractivity contribution in [3.8, 4) is 0 Å². The molecule has 2 heterocycles. The molecule has 114 valence electrons. The number of fused-ring (bicyclic) bond motifs is 3. The third-order valence-electron chi connectivity index (χ3n) is 3.87. The smallest absolute Gasteiger partial charge is 0.131 e. The Bertz CT molecular complexity index is 814. The highest BCUT2D eigenvalue weighted by molar-refractivity contribution is 6.08. The molecule has 6 heteroatoms. The van der Waals surface area contributed by atoms with Gasteiger partial charge in [0.25, 0.3) is 0 Å². The minimum absolute atomic E-state index is 0.351. The molecule has 3 atom stereocenters. The molecule has 1 aromatic carbocycles. The summed E-state index contributed by atoms with van der Waals surface area (Å²) in [7, 11) is 0. The number of nitrogens with one attached hydrogen (secondary N) is 1. The number of aldehydes is 1. The van der Waals surface area contributed by atoms with E-state index in [1.54, 1.807) is 6.20 Å². The lowest BCUT2D eigenvalue weighted by molar-refractivity contribution is -0.114. The molecule has 0 radical (unpaired) electrons.